The number of methoxy groups -OCH3 is 1. The molecule has 0 saturated carbocycles. The number of ether oxygens (including phenoxy) is 1. The van der Waals surface area contributed by atoms with Gasteiger partial charge >= 0.3 is 0 Å². The molecule has 4 nitrogen and oxygen atoms in total. The summed E-state index contributed by atoms with van der Waals surface area (Å²) < 4.78 is 5.92. The molecule has 0 amide bonds. The molecule has 21 heavy (non-hydrogen) atoms. The molecule has 0 aliphatic carbocycles. The Morgan fingerprint density at radius 2 is 2.19 bits per heavy atom. The van der Waals surface area contributed by atoms with Gasteiger partial charge in [-0.25, -0.2) is 9.98 Å². The average Bonchev–Trinajstić information content (AvgIpc) is 2.90. The summed E-state index contributed by atoms with van der Waals surface area (Å²) in [5.74, 6) is 0.507. The van der Waals surface area contributed by atoms with E-state index in [0.29, 0.717) is 15.9 Å². The highest BCUT2D eigenvalue weighted by Gasteiger charge is 2.05. The lowest BCUT2D eigenvalue weighted by molar-refractivity contribution is 0.373. The summed E-state index contributed by atoms with van der Waals surface area (Å²) in [4.78, 5) is 8.72. The van der Waals surface area contributed by atoms with Crippen LogP contribution in [0.3, 0.4) is 0 Å². The van der Waals surface area contributed by atoms with Crippen LogP contribution in [0.5, 0.6) is 11.5 Å². The van der Waals surface area contributed by atoms with E-state index in [1.165, 1.54) is 18.4 Å². The van der Waals surface area contributed by atoms with Crippen LogP contribution in [0.4, 0.5) is 5.13 Å². The normalized spacial score (nSPS) is 11.3. The molecule has 0 atom stereocenters. The van der Waals surface area contributed by atoms with Crippen molar-refractivity contribution in [3.63, 3.8) is 0 Å². The maximum absolute atomic E-state index is 9.72. The number of phenols is 1. The van der Waals surface area contributed by atoms with Crippen LogP contribution in [-0.4, -0.2) is 23.4 Å². The van der Waals surface area contributed by atoms with Gasteiger partial charge in [-0.3, -0.25) is 0 Å². The van der Waals surface area contributed by atoms with E-state index in [4.69, 9.17) is 16.3 Å². The Labute approximate surface area is 130 Å². The molecule has 106 valence electrons. The fourth-order valence-corrected chi connectivity index (χ4v) is 2.98. The van der Waals surface area contributed by atoms with Crippen LogP contribution in [-0.2, 0) is 0 Å². The van der Waals surface area contributed by atoms with E-state index in [9.17, 15) is 5.11 Å². The lowest BCUT2D eigenvalue weighted by Crippen LogP contribution is -1.86. The van der Waals surface area contributed by atoms with Crippen LogP contribution < -0.4 is 4.74 Å². The minimum absolute atomic E-state index is 0.0776. The lowest BCUT2D eigenvalue weighted by atomic mass is 10.2. The Kier molecular flexibility index (Phi) is 3.77. The molecule has 1 N–H and O–H groups in total. The Morgan fingerprint density at radius 1 is 1.33 bits per heavy atom. The van der Waals surface area contributed by atoms with Crippen molar-refractivity contribution in [2.75, 3.05) is 7.11 Å². The molecule has 0 unspecified atom stereocenters. The minimum atomic E-state index is 0.0776. The summed E-state index contributed by atoms with van der Waals surface area (Å²) in [5.41, 5.74) is 1.59. The van der Waals surface area contributed by atoms with Gasteiger partial charge < -0.3 is 9.84 Å². The number of hydrogen-bond donors (Lipinski definition) is 1. The van der Waals surface area contributed by atoms with E-state index >= 15 is 0 Å². The Hall–Kier alpha value is -2.11. The second-order valence-corrected chi connectivity index (χ2v) is 5.66. The van der Waals surface area contributed by atoms with E-state index in [0.717, 1.165) is 15.8 Å². The summed E-state index contributed by atoms with van der Waals surface area (Å²) in [6.45, 7) is 0. The van der Waals surface area contributed by atoms with Gasteiger partial charge in [0.05, 0.1) is 22.3 Å². The molecule has 0 aliphatic heterocycles. The number of hydrogen-bond acceptors (Lipinski definition) is 5. The van der Waals surface area contributed by atoms with E-state index in [1.54, 1.807) is 18.3 Å². The summed E-state index contributed by atoms with van der Waals surface area (Å²) in [7, 11) is 1.51. The molecule has 0 fully saturated rings. The highest BCUT2D eigenvalue weighted by Crippen LogP contribution is 2.33. The monoisotopic (exact) mass is 318 g/mol. The molecular weight excluding hydrogens is 308 g/mol. The molecule has 0 spiro atoms. The van der Waals surface area contributed by atoms with Crippen LogP contribution in [0, 0.1) is 0 Å². The molecule has 2 aromatic carbocycles. The summed E-state index contributed by atoms with van der Waals surface area (Å²) >= 11 is 7.54. The zero-order chi connectivity index (χ0) is 14.8. The van der Waals surface area contributed by atoms with Gasteiger partial charge in [-0.1, -0.05) is 29.0 Å². The van der Waals surface area contributed by atoms with Gasteiger partial charge in [0.1, 0.15) is 0 Å². The first-order valence-electron chi connectivity index (χ1n) is 6.13. The standard InChI is InChI=1S/C15H11ClN2O2S/c1-20-13-6-5-9(7-12(13)19)8-17-15-18-11-4-2-3-10(16)14(11)21-15/h2-8,19H,1H3. The van der Waals surface area contributed by atoms with Gasteiger partial charge in [0.15, 0.2) is 11.5 Å². The van der Waals surface area contributed by atoms with E-state index in [-0.39, 0.29) is 5.75 Å². The second-order valence-electron chi connectivity index (χ2n) is 4.27. The first-order valence-corrected chi connectivity index (χ1v) is 7.33. The van der Waals surface area contributed by atoms with Gasteiger partial charge in [0, 0.05) is 6.21 Å². The van der Waals surface area contributed by atoms with Crippen molar-refractivity contribution in [2.24, 2.45) is 4.99 Å². The molecular formula is C15H11ClN2O2S. The topological polar surface area (TPSA) is 54.7 Å². The third-order valence-corrected chi connectivity index (χ3v) is 4.32. The highest BCUT2D eigenvalue weighted by molar-refractivity contribution is 7.22. The molecule has 6 heteroatoms. The van der Waals surface area contributed by atoms with Crippen molar-refractivity contribution in [3.05, 3.63) is 47.0 Å². The number of aliphatic imine (C=N–C) groups is 1. The number of benzene rings is 2. The van der Waals surface area contributed by atoms with Crippen molar-refractivity contribution < 1.29 is 9.84 Å². The van der Waals surface area contributed by atoms with E-state index < -0.39 is 0 Å². The predicted molar refractivity (Wildman–Crippen MR) is 86.5 cm³/mol. The number of phenolic OH excluding ortho intramolecular Hbond substituents is 1. The molecule has 1 heterocycles. The first-order chi connectivity index (χ1) is 10.2. The van der Waals surface area contributed by atoms with Gasteiger partial charge in [-0.15, -0.1) is 0 Å². The van der Waals surface area contributed by atoms with Gasteiger partial charge in [0.2, 0.25) is 5.13 Å². The Morgan fingerprint density at radius 3 is 2.90 bits per heavy atom. The van der Waals surface area contributed by atoms with Crippen molar-refractivity contribution in [3.8, 4) is 11.5 Å². The average molecular weight is 319 g/mol. The van der Waals surface area contributed by atoms with Crippen LogP contribution in [0.25, 0.3) is 10.2 Å². The van der Waals surface area contributed by atoms with Crippen LogP contribution in [0.2, 0.25) is 5.02 Å². The van der Waals surface area contributed by atoms with Crippen LogP contribution in [0.1, 0.15) is 5.56 Å². The number of nitrogens with zero attached hydrogens (tertiary/aromatic N) is 2. The highest BCUT2D eigenvalue weighted by atomic mass is 35.5. The van der Waals surface area contributed by atoms with Crippen molar-refractivity contribution in [1.82, 2.24) is 4.98 Å². The smallest absolute Gasteiger partial charge is 0.210 e. The van der Waals surface area contributed by atoms with Crippen molar-refractivity contribution >= 4 is 44.5 Å². The molecule has 0 radical (unpaired) electrons. The number of aromatic nitrogens is 1. The number of aromatic hydroxyl groups is 1. The molecule has 1 aromatic heterocycles. The number of thiazole rings is 1. The Balaban J connectivity index is 1.90. The minimum Gasteiger partial charge on any atom is -0.504 e. The maximum atomic E-state index is 9.72. The zero-order valence-corrected chi connectivity index (χ0v) is 12.6. The summed E-state index contributed by atoms with van der Waals surface area (Å²) in [6, 6.07) is 10.7. The fourth-order valence-electron chi connectivity index (χ4n) is 1.88. The van der Waals surface area contributed by atoms with E-state index in [2.05, 4.69) is 9.98 Å². The molecule has 3 aromatic rings. The van der Waals surface area contributed by atoms with Crippen molar-refractivity contribution in [2.45, 2.75) is 0 Å². The third-order valence-electron chi connectivity index (χ3n) is 2.88. The number of fused-ring (bicyclic) bond motifs is 1. The van der Waals surface area contributed by atoms with Crippen LogP contribution >= 0.6 is 22.9 Å². The fraction of sp³-hybridized carbons (Fsp3) is 0.0667. The van der Waals surface area contributed by atoms with Gasteiger partial charge in [-0.05, 0) is 35.9 Å². The number of halogens is 1. The first kappa shape index (κ1) is 13.9. The number of rotatable bonds is 3. The lowest BCUT2D eigenvalue weighted by Gasteiger charge is -2.02. The Bertz CT molecular complexity index is 830. The zero-order valence-electron chi connectivity index (χ0n) is 11.1. The summed E-state index contributed by atoms with van der Waals surface area (Å²) in [6.07, 6.45) is 1.64. The van der Waals surface area contributed by atoms with Gasteiger partial charge in [-0.2, -0.15) is 0 Å². The molecule has 0 aliphatic rings. The second kappa shape index (κ2) is 5.71. The molecule has 3 rings (SSSR count). The van der Waals surface area contributed by atoms with Crippen molar-refractivity contribution in [1.29, 1.82) is 0 Å². The predicted octanol–water partition coefficient (Wildman–Crippen LogP) is 4.41. The molecule has 0 saturated heterocycles. The third kappa shape index (κ3) is 2.84. The quantitative estimate of drug-likeness (QED) is 0.727. The summed E-state index contributed by atoms with van der Waals surface area (Å²) in [5, 5.41) is 11.0. The molecule has 0 bridgehead atoms. The SMILES string of the molecule is COc1ccc(C=Nc2nc3cccc(Cl)c3s2)cc1O. The van der Waals surface area contributed by atoms with Gasteiger partial charge in [0.25, 0.3) is 0 Å². The maximum Gasteiger partial charge on any atom is 0.210 e. The largest absolute Gasteiger partial charge is 0.504 e. The van der Waals surface area contributed by atoms with Crippen LogP contribution in [0.15, 0.2) is 41.4 Å². The van der Waals surface area contributed by atoms with E-state index in [1.807, 2.05) is 24.3 Å².